The Morgan fingerprint density at radius 2 is 1.98 bits per heavy atom. The van der Waals surface area contributed by atoms with E-state index in [1.54, 1.807) is 50.7 Å². The van der Waals surface area contributed by atoms with Gasteiger partial charge in [-0.05, 0) is 63.8 Å². The lowest BCUT2D eigenvalue weighted by molar-refractivity contribution is -0.126. The Hall–Kier alpha value is -3.70. The van der Waals surface area contributed by atoms with Crippen molar-refractivity contribution >= 4 is 17.3 Å². The highest BCUT2D eigenvalue weighted by atomic mass is 19.4. The zero-order valence-corrected chi connectivity index (χ0v) is 24.7. The van der Waals surface area contributed by atoms with Crippen LogP contribution in [0.1, 0.15) is 66.0 Å². The number of carbonyl (C=O) groups is 1. The number of halogens is 5. The topological polar surface area (TPSA) is 97.3 Å². The first-order chi connectivity index (χ1) is 19.5. The summed E-state index contributed by atoms with van der Waals surface area (Å²) < 4.78 is 67.2. The summed E-state index contributed by atoms with van der Waals surface area (Å²) in [6.07, 6.45) is 8.01. The molecule has 12 heteroatoms. The lowest BCUT2D eigenvalue weighted by Crippen LogP contribution is -2.48. The van der Waals surface area contributed by atoms with E-state index < -0.39 is 29.9 Å². The van der Waals surface area contributed by atoms with Crippen LogP contribution in [0.3, 0.4) is 0 Å². The number of aromatic nitrogens is 2. The highest BCUT2D eigenvalue weighted by molar-refractivity contribution is 6.25. The third-order valence-corrected chi connectivity index (χ3v) is 6.98. The number of hydrogen-bond acceptors (Lipinski definition) is 5. The summed E-state index contributed by atoms with van der Waals surface area (Å²) in [6.45, 7) is 9.69. The second kappa shape index (κ2) is 14.5. The van der Waals surface area contributed by atoms with Crippen LogP contribution >= 0.6 is 0 Å². The molecule has 1 heterocycles. The molecule has 0 aliphatic heterocycles. The summed E-state index contributed by atoms with van der Waals surface area (Å²) in [5.74, 6) is -0.967. The van der Waals surface area contributed by atoms with Crippen LogP contribution in [0.25, 0.3) is 5.70 Å². The van der Waals surface area contributed by atoms with Gasteiger partial charge in [0.25, 0.3) is 0 Å². The molecule has 232 valence electrons. The van der Waals surface area contributed by atoms with E-state index in [9.17, 15) is 26.7 Å². The van der Waals surface area contributed by atoms with Gasteiger partial charge < -0.3 is 16.4 Å². The predicted octanol–water partition coefficient (Wildman–Crippen LogP) is 6.39. The Kier molecular flexibility index (Phi) is 11.9. The van der Waals surface area contributed by atoms with Gasteiger partial charge in [-0.15, -0.1) is 0 Å². The van der Waals surface area contributed by atoms with Gasteiger partial charge >= 0.3 is 12.7 Å². The van der Waals surface area contributed by atoms with Crippen molar-refractivity contribution in [1.29, 1.82) is 0 Å². The SMILES string of the molecule is C=C/C=C(/C(/C=C(\N)C(F)(F)F)=NCC(C)(C)NC(=O)[C@H](C)CC(/C=C\C)=C/NC(F)F)n1nccc1C1(C)CCC1. The van der Waals surface area contributed by atoms with Crippen molar-refractivity contribution in [2.45, 2.75) is 84.0 Å². The molecule has 0 bridgehead atoms. The van der Waals surface area contributed by atoms with Crippen LogP contribution in [0.2, 0.25) is 0 Å². The van der Waals surface area contributed by atoms with Crippen LogP contribution in [-0.2, 0) is 10.2 Å². The Labute approximate surface area is 244 Å². The van der Waals surface area contributed by atoms with Gasteiger partial charge in [0.2, 0.25) is 5.91 Å². The lowest BCUT2D eigenvalue weighted by Gasteiger charge is -2.38. The average Bonchev–Trinajstić information content (AvgIpc) is 3.36. The number of amides is 1. The molecular formula is C30H41F5N6O. The summed E-state index contributed by atoms with van der Waals surface area (Å²) in [7, 11) is 0. The van der Waals surface area contributed by atoms with Crippen LogP contribution in [-0.4, -0.2) is 46.2 Å². The van der Waals surface area contributed by atoms with Gasteiger partial charge in [0.15, 0.2) is 0 Å². The highest BCUT2D eigenvalue weighted by Gasteiger charge is 2.38. The monoisotopic (exact) mass is 596 g/mol. The molecule has 4 N–H and O–H groups in total. The quantitative estimate of drug-likeness (QED) is 0.100. The summed E-state index contributed by atoms with van der Waals surface area (Å²) in [6, 6.07) is 1.84. The van der Waals surface area contributed by atoms with Crippen molar-refractivity contribution in [3.8, 4) is 0 Å². The van der Waals surface area contributed by atoms with Crippen LogP contribution in [0.4, 0.5) is 22.0 Å². The van der Waals surface area contributed by atoms with Gasteiger partial charge in [0.05, 0.1) is 29.2 Å². The van der Waals surface area contributed by atoms with Gasteiger partial charge in [-0.2, -0.15) is 27.1 Å². The first-order valence-electron chi connectivity index (χ1n) is 13.7. The summed E-state index contributed by atoms with van der Waals surface area (Å²) in [4.78, 5) is 17.5. The smallest absolute Gasteiger partial charge is 0.395 e. The van der Waals surface area contributed by atoms with E-state index in [2.05, 4.69) is 28.9 Å². The standard InChI is InChI=1S/C30H41F5N6O/c1-7-10-21(18-37-27(31)32)16-20(3)26(42)40-28(4,5)19-38-22(17-24(36)30(33,34)35)23(11-8-2)41-25(12-15-39-41)29(6)13-9-14-29/h7-8,10-12,15,17-18,20,27,37H,2,9,13-14,16,19,36H2,1,3-6H3,(H,40,42)/b10-7-,21-18+,23-11-,24-17-,38-22?/t20-/m1/s1. The molecule has 1 aliphatic rings. The Morgan fingerprint density at radius 3 is 2.50 bits per heavy atom. The third kappa shape index (κ3) is 9.70. The first kappa shape index (κ1) is 34.5. The molecular weight excluding hydrogens is 555 g/mol. The predicted molar refractivity (Wildman–Crippen MR) is 157 cm³/mol. The summed E-state index contributed by atoms with van der Waals surface area (Å²) in [5.41, 5.74) is 4.42. The molecule has 1 aliphatic carbocycles. The zero-order chi connectivity index (χ0) is 31.7. The van der Waals surface area contributed by atoms with Crippen molar-refractivity contribution < 1.29 is 26.7 Å². The first-order valence-corrected chi connectivity index (χ1v) is 13.7. The largest absolute Gasteiger partial charge is 0.430 e. The number of nitrogens with one attached hydrogen (secondary N) is 2. The van der Waals surface area contributed by atoms with E-state index in [0.717, 1.165) is 37.2 Å². The fraction of sp³-hybridized carbons (Fsp3) is 0.500. The molecule has 2 rings (SSSR count). The lowest BCUT2D eigenvalue weighted by atomic mass is 9.68. The molecule has 1 atom stereocenters. The Morgan fingerprint density at radius 1 is 1.31 bits per heavy atom. The number of rotatable bonds is 14. The molecule has 1 saturated carbocycles. The summed E-state index contributed by atoms with van der Waals surface area (Å²) in [5, 5.41) is 9.18. The minimum Gasteiger partial charge on any atom is -0.395 e. The highest BCUT2D eigenvalue weighted by Crippen LogP contribution is 2.43. The number of nitrogens with zero attached hydrogens (tertiary/aromatic N) is 3. The number of carbonyl (C=O) groups excluding carboxylic acids is 1. The van der Waals surface area contributed by atoms with E-state index in [1.165, 1.54) is 12.2 Å². The fourth-order valence-corrected chi connectivity index (χ4v) is 4.51. The molecule has 0 spiro atoms. The summed E-state index contributed by atoms with van der Waals surface area (Å²) >= 11 is 0. The molecule has 1 aromatic rings. The molecule has 7 nitrogen and oxygen atoms in total. The van der Waals surface area contributed by atoms with Crippen molar-refractivity contribution in [2.24, 2.45) is 16.6 Å². The third-order valence-electron chi connectivity index (χ3n) is 6.98. The van der Waals surface area contributed by atoms with Crippen LogP contribution < -0.4 is 16.4 Å². The zero-order valence-electron chi connectivity index (χ0n) is 24.7. The van der Waals surface area contributed by atoms with Crippen molar-refractivity contribution in [2.75, 3.05) is 6.54 Å². The Balaban J connectivity index is 2.39. The maximum Gasteiger partial charge on any atom is 0.430 e. The van der Waals surface area contributed by atoms with Crippen LogP contribution in [0, 0.1) is 5.92 Å². The molecule has 1 fully saturated rings. The van der Waals surface area contributed by atoms with Gasteiger partial charge in [-0.1, -0.05) is 45.1 Å². The van der Waals surface area contributed by atoms with Gasteiger partial charge in [0, 0.05) is 23.7 Å². The van der Waals surface area contributed by atoms with Gasteiger partial charge in [0.1, 0.15) is 5.70 Å². The van der Waals surface area contributed by atoms with E-state index in [0.29, 0.717) is 5.57 Å². The second-order valence-corrected chi connectivity index (χ2v) is 11.3. The van der Waals surface area contributed by atoms with E-state index in [1.807, 2.05) is 11.4 Å². The minimum absolute atomic E-state index is 0.0793. The number of allylic oxidation sites excluding steroid dienone is 8. The van der Waals surface area contributed by atoms with Crippen LogP contribution in [0.5, 0.6) is 0 Å². The Bertz CT molecular complexity index is 1250. The molecule has 42 heavy (non-hydrogen) atoms. The number of alkyl halides is 5. The molecule has 0 aromatic carbocycles. The number of aliphatic imine (C=N–C) groups is 1. The number of nitrogens with two attached hydrogens (primary N) is 1. The van der Waals surface area contributed by atoms with E-state index in [-0.39, 0.29) is 35.7 Å². The maximum atomic E-state index is 13.5. The molecule has 1 aromatic heterocycles. The fourth-order valence-electron chi connectivity index (χ4n) is 4.51. The van der Waals surface area contributed by atoms with Gasteiger partial charge in [-0.25, -0.2) is 4.68 Å². The molecule has 0 saturated heterocycles. The van der Waals surface area contributed by atoms with E-state index >= 15 is 0 Å². The van der Waals surface area contributed by atoms with Crippen molar-refractivity contribution in [3.63, 3.8) is 0 Å². The normalized spacial score (nSPS) is 17.8. The second-order valence-electron chi connectivity index (χ2n) is 11.3. The van der Waals surface area contributed by atoms with Gasteiger partial charge in [-0.3, -0.25) is 9.79 Å². The molecule has 0 radical (unpaired) electrons. The molecule has 0 unspecified atom stereocenters. The minimum atomic E-state index is -4.79. The number of hydrogen-bond donors (Lipinski definition) is 3. The van der Waals surface area contributed by atoms with Crippen molar-refractivity contribution in [3.05, 3.63) is 72.4 Å². The van der Waals surface area contributed by atoms with E-state index in [4.69, 9.17) is 5.73 Å². The maximum absolute atomic E-state index is 13.5. The molecule has 1 amide bonds. The van der Waals surface area contributed by atoms with Crippen LogP contribution in [0.15, 0.2) is 71.7 Å². The average molecular weight is 597 g/mol. The van der Waals surface area contributed by atoms with Crippen molar-refractivity contribution in [1.82, 2.24) is 20.4 Å².